The number of thiophene rings is 1. The summed E-state index contributed by atoms with van der Waals surface area (Å²) in [7, 11) is 0. The summed E-state index contributed by atoms with van der Waals surface area (Å²) < 4.78 is 0. The molecule has 0 aromatic carbocycles. The molecule has 0 aliphatic rings. The summed E-state index contributed by atoms with van der Waals surface area (Å²) in [4.78, 5) is 17.7. The van der Waals surface area contributed by atoms with Crippen molar-refractivity contribution in [1.82, 2.24) is 4.98 Å². The molecule has 0 unspecified atom stereocenters. The lowest BCUT2D eigenvalue weighted by molar-refractivity contribution is 0.103. The van der Waals surface area contributed by atoms with Crippen LogP contribution >= 0.6 is 22.9 Å². The first-order valence-electron chi connectivity index (χ1n) is 4.40. The highest BCUT2D eigenvalue weighted by Crippen LogP contribution is 2.21. The highest BCUT2D eigenvalue weighted by molar-refractivity contribution is 7.14. The van der Waals surface area contributed by atoms with Crippen molar-refractivity contribution in [2.24, 2.45) is 0 Å². The van der Waals surface area contributed by atoms with Gasteiger partial charge in [-0.1, -0.05) is 11.6 Å². The maximum Gasteiger partial charge on any atom is 0.222 e. The van der Waals surface area contributed by atoms with Gasteiger partial charge in [0.1, 0.15) is 5.69 Å². The van der Waals surface area contributed by atoms with Gasteiger partial charge in [-0.25, -0.2) is 0 Å². The largest absolute Gasteiger partial charge is 0.286 e. The van der Waals surface area contributed by atoms with Crippen molar-refractivity contribution < 1.29 is 4.79 Å². The van der Waals surface area contributed by atoms with E-state index >= 15 is 0 Å². The van der Waals surface area contributed by atoms with E-state index in [-0.39, 0.29) is 5.78 Å². The van der Waals surface area contributed by atoms with Gasteiger partial charge in [0.15, 0.2) is 0 Å². The quantitative estimate of drug-likeness (QED) is 0.750. The molecule has 0 radical (unpaired) electrons. The Labute approximate surface area is 96.5 Å². The Hall–Kier alpha value is -1.19. The molecule has 2 aromatic heterocycles. The average Bonchev–Trinajstić information content (AvgIpc) is 2.65. The van der Waals surface area contributed by atoms with Crippen LogP contribution in [0.1, 0.15) is 20.2 Å². The number of halogens is 1. The number of carbonyl (C=O) groups excluding carboxylic acids is 1. The van der Waals surface area contributed by atoms with Crippen molar-refractivity contribution in [3.63, 3.8) is 0 Å². The summed E-state index contributed by atoms with van der Waals surface area (Å²) in [5, 5.41) is 0.397. The van der Waals surface area contributed by atoms with E-state index in [2.05, 4.69) is 4.98 Å². The van der Waals surface area contributed by atoms with Gasteiger partial charge in [0.25, 0.3) is 0 Å². The number of carbonyl (C=O) groups is 1. The third kappa shape index (κ3) is 2.08. The zero-order valence-corrected chi connectivity index (χ0v) is 9.60. The molecule has 0 N–H and O–H groups in total. The van der Waals surface area contributed by atoms with E-state index < -0.39 is 0 Å². The SMILES string of the molecule is Cc1ccc(C(=O)c2ncccc2Cl)s1. The van der Waals surface area contributed by atoms with Crippen molar-refractivity contribution in [3.05, 3.63) is 50.9 Å². The van der Waals surface area contributed by atoms with Crippen molar-refractivity contribution in [3.8, 4) is 0 Å². The van der Waals surface area contributed by atoms with E-state index in [1.165, 1.54) is 11.3 Å². The molecule has 0 fully saturated rings. The van der Waals surface area contributed by atoms with Gasteiger partial charge in [0.2, 0.25) is 5.78 Å². The predicted molar refractivity (Wildman–Crippen MR) is 61.7 cm³/mol. The molecule has 2 rings (SSSR count). The van der Waals surface area contributed by atoms with Crippen LogP contribution in [0.25, 0.3) is 0 Å². The third-order valence-corrected chi connectivity index (χ3v) is 3.24. The Kier molecular flexibility index (Phi) is 2.84. The molecule has 0 amide bonds. The summed E-state index contributed by atoms with van der Waals surface area (Å²) in [6, 6.07) is 7.09. The number of ketones is 1. The van der Waals surface area contributed by atoms with E-state index in [0.29, 0.717) is 15.6 Å². The molecule has 2 heterocycles. The molecule has 0 aliphatic carbocycles. The van der Waals surface area contributed by atoms with Gasteiger partial charge in [-0.3, -0.25) is 9.78 Å². The van der Waals surface area contributed by atoms with Gasteiger partial charge in [-0.05, 0) is 31.2 Å². The van der Waals surface area contributed by atoms with Crippen LogP contribution in [0.15, 0.2) is 30.5 Å². The zero-order chi connectivity index (χ0) is 10.8. The Morgan fingerprint density at radius 3 is 2.80 bits per heavy atom. The van der Waals surface area contributed by atoms with Gasteiger partial charge in [0, 0.05) is 11.1 Å². The molecule has 2 aromatic rings. The second-order valence-corrected chi connectivity index (χ2v) is 4.77. The molecular weight excluding hydrogens is 230 g/mol. The molecule has 0 bridgehead atoms. The van der Waals surface area contributed by atoms with Crippen LogP contribution in [0.4, 0.5) is 0 Å². The molecule has 0 atom stereocenters. The third-order valence-electron chi connectivity index (χ3n) is 1.94. The normalized spacial score (nSPS) is 10.3. The molecular formula is C11H8ClNOS. The lowest BCUT2D eigenvalue weighted by Crippen LogP contribution is -2.02. The number of pyridine rings is 1. The number of hydrogen-bond donors (Lipinski definition) is 0. The molecule has 0 saturated carbocycles. The standard InChI is InChI=1S/C11H8ClNOS/c1-7-4-5-9(15-7)11(14)10-8(12)3-2-6-13-10/h2-6H,1H3. The topological polar surface area (TPSA) is 30.0 Å². The van der Waals surface area contributed by atoms with Crippen molar-refractivity contribution in [2.45, 2.75) is 6.92 Å². The number of hydrogen-bond acceptors (Lipinski definition) is 3. The minimum Gasteiger partial charge on any atom is -0.286 e. The Morgan fingerprint density at radius 2 is 2.20 bits per heavy atom. The first-order chi connectivity index (χ1) is 7.18. The minimum absolute atomic E-state index is 0.112. The van der Waals surface area contributed by atoms with E-state index in [0.717, 1.165) is 4.88 Å². The van der Waals surface area contributed by atoms with Crippen LogP contribution in [-0.4, -0.2) is 10.8 Å². The lowest BCUT2D eigenvalue weighted by Gasteiger charge is -1.98. The van der Waals surface area contributed by atoms with Gasteiger partial charge >= 0.3 is 0 Å². The molecule has 0 saturated heterocycles. The molecule has 76 valence electrons. The van der Waals surface area contributed by atoms with Crippen LogP contribution in [0.5, 0.6) is 0 Å². The summed E-state index contributed by atoms with van der Waals surface area (Å²) in [5.74, 6) is -0.112. The summed E-state index contributed by atoms with van der Waals surface area (Å²) in [6.07, 6.45) is 1.57. The second kappa shape index (κ2) is 4.13. The second-order valence-electron chi connectivity index (χ2n) is 3.07. The molecule has 15 heavy (non-hydrogen) atoms. The smallest absolute Gasteiger partial charge is 0.222 e. The van der Waals surface area contributed by atoms with Gasteiger partial charge in [0.05, 0.1) is 9.90 Å². The number of rotatable bonds is 2. The van der Waals surface area contributed by atoms with Gasteiger partial charge in [-0.15, -0.1) is 11.3 Å². The van der Waals surface area contributed by atoms with E-state index in [9.17, 15) is 4.79 Å². The van der Waals surface area contributed by atoms with E-state index in [1.807, 2.05) is 13.0 Å². The number of aromatic nitrogens is 1. The highest BCUT2D eigenvalue weighted by atomic mass is 35.5. The minimum atomic E-state index is -0.112. The fourth-order valence-corrected chi connectivity index (χ4v) is 2.24. The van der Waals surface area contributed by atoms with Crippen molar-refractivity contribution in [1.29, 1.82) is 0 Å². The summed E-state index contributed by atoms with van der Waals surface area (Å²) >= 11 is 7.35. The predicted octanol–water partition coefficient (Wildman–Crippen LogP) is 3.34. The number of nitrogens with zero attached hydrogens (tertiary/aromatic N) is 1. The first-order valence-corrected chi connectivity index (χ1v) is 5.59. The van der Waals surface area contributed by atoms with Crippen LogP contribution in [0.3, 0.4) is 0 Å². The molecule has 2 nitrogen and oxygen atoms in total. The van der Waals surface area contributed by atoms with Gasteiger partial charge < -0.3 is 0 Å². The highest BCUT2D eigenvalue weighted by Gasteiger charge is 2.15. The van der Waals surface area contributed by atoms with Crippen molar-refractivity contribution in [2.75, 3.05) is 0 Å². The Morgan fingerprint density at radius 1 is 1.40 bits per heavy atom. The fourth-order valence-electron chi connectivity index (χ4n) is 1.23. The molecule has 0 aliphatic heterocycles. The van der Waals surface area contributed by atoms with Crippen molar-refractivity contribution >= 4 is 28.7 Å². The Balaban J connectivity index is 2.41. The summed E-state index contributed by atoms with van der Waals surface area (Å²) in [5.41, 5.74) is 0.320. The van der Waals surface area contributed by atoms with Gasteiger partial charge in [-0.2, -0.15) is 0 Å². The van der Waals surface area contributed by atoms with E-state index in [1.54, 1.807) is 24.4 Å². The zero-order valence-electron chi connectivity index (χ0n) is 8.03. The van der Waals surface area contributed by atoms with Crippen LogP contribution < -0.4 is 0 Å². The maximum absolute atomic E-state index is 11.9. The average molecular weight is 238 g/mol. The van der Waals surface area contributed by atoms with Crippen LogP contribution in [0, 0.1) is 6.92 Å². The van der Waals surface area contributed by atoms with E-state index in [4.69, 9.17) is 11.6 Å². The first kappa shape index (κ1) is 10.3. The Bertz CT molecular complexity index is 507. The van der Waals surface area contributed by atoms with Crippen LogP contribution in [0.2, 0.25) is 5.02 Å². The number of aryl methyl sites for hydroxylation is 1. The maximum atomic E-state index is 11.9. The molecule has 4 heteroatoms. The monoisotopic (exact) mass is 237 g/mol. The molecule has 0 spiro atoms. The fraction of sp³-hybridized carbons (Fsp3) is 0.0909. The summed E-state index contributed by atoms with van der Waals surface area (Å²) in [6.45, 7) is 1.96. The van der Waals surface area contributed by atoms with Crippen LogP contribution in [-0.2, 0) is 0 Å². The lowest BCUT2D eigenvalue weighted by atomic mass is 10.2.